The average molecular weight is 319 g/mol. The van der Waals surface area contributed by atoms with Crippen molar-refractivity contribution in [1.29, 1.82) is 0 Å². The lowest BCUT2D eigenvalue weighted by atomic mass is 10.2. The summed E-state index contributed by atoms with van der Waals surface area (Å²) in [5.41, 5.74) is 0. The molecule has 1 amide bonds. The van der Waals surface area contributed by atoms with Crippen molar-refractivity contribution in [2.45, 2.75) is 44.6 Å². The van der Waals surface area contributed by atoms with Gasteiger partial charge in [0.1, 0.15) is 0 Å². The fraction of sp³-hybridized carbons (Fsp3) is 0.929. The highest BCUT2D eigenvalue weighted by Crippen LogP contribution is 2.25. The molecule has 1 saturated carbocycles. The number of amides is 1. The summed E-state index contributed by atoms with van der Waals surface area (Å²) >= 11 is 0. The van der Waals surface area contributed by atoms with E-state index in [0.29, 0.717) is 13.1 Å². The van der Waals surface area contributed by atoms with Crippen LogP contribution in [0.2, 0.25) is 0 Å². The Bertz CT molecular complexity index is 417. The van der Waals surface area contributed by atoms with E-state index in [2.05, 4.69) is 10.2 Å². The predicted molar refractivity (Wildman–Crippen MR) is 84.6 cm³/mol. The van der Waals surface area contributed by atoms with Crippen molar-refractivity contribution >= 4 is 15.9 Å². The van der Waals surface area contributed by atoms with Gasteiger partial charge in [-0.15, -0.1) is 0 Å². The van der Waals surface area contributed by atoms with Crippen molar-refractivity contribution in [2.75, 3.05) is 40.0 Å². The summed E-state index contributed by atoms with van der Waals surface area (Å²) in [5, 5.41) is 2.85. The standard InChI is InChI=1S/C14H29N3O3S/c1-16(2)11-6-10-15-14(18)9-12-17(21(3,19)20)13-7-4-5-8-13/h13H,4-12H2,1-3H3,(H,15,18). The maximum Gasteiger partial charge on any atom is 0.221 e. The Morgan fingerprint density at radius 2 is 1.81 bits per heavy atom. The van der Waals surface area contributed by atoms with Gasteiger partial charge in [0, 0.05) is 25.6 Å². The molecule has 1 fully saturated rings. The van der Waals surface area contributed by atoms with Gasteiger partial charge in [-0.25, -0.2) is 8.42 Å². The minimum absolute atomic E-state index is 0.0691. The molecule has 0 spiro atoms. The van der Waals surface area contributed by atoms with Gasteiger partial charge in [-0.1, -0.05) is 12.8 Å². The van der Waals surface area contributed by atoms with Crippen LogP contribution in [0.4, 0.5) is 0 Å². The first-order valence-electron chi connectivity index (χ1n) is 7.69. The second-order valence-corrected chi connectivity index (χ2v) is 8.00. The van der Waals surface area contributed by atoms with Crippen LogP contribution >= 0.6 is 0 Å². The maximum atomic E-state index is 11.9. The molecule has 0 saturated heterocycles. The molecule has 124 valence electrons. The minimum Gasteiger partial charge on any atom is -0.356 e. The fourth-order valence-electron chi connectivity index (χ4n) is 2.73. The molecule has 0 aromatic heterocycles. The Hall–Kier alpha value is -0.660. The van der Waals surface area contributed by atoms with Crippen LogP contribution in [0.5, 0.6) is 0 Å². The summed E-state index contributed by atoms with van der Waals surface area (Å²) in [6.45, 7) is 1.86. The molecule has 0 aromatic rings. The van der Waals surface area contributed by atoms with Crippen LogP contribution < -0.4 is 5.32 Å². The highest BCUT2D eigenvalue weighted by molar-refractivity contribution is 7.88. The van der Waals surface area contributed by atoms with Crippen LogP contribution in [-0.2, 0) is 14.8 Å². The van der Waals surface area contributed by atoms with Crippen molar-refractivity contribution in [3.05, 3.63) is 0 Å². The molecule has 0 heterocycles. The van der Waals surface area contributed by atoms with Gasteiger partial charge in [0.05, 0.1) is 6.26 Å². The molecule has 0 atom stereocenters. The summed E-state index contributed by atoms with van der Waals surface area (Å²) in [4.78, 5) is 13.9. The molecule has 0 radical (unpaired) electrons. The van der Waals surface area contributed by atoms with E-state index in [1.54, 1.807) is 0 Å². The molecule has 7 heteroatoms. The third kappa shape index (κ3) is 7.24. The van der Waals surface area contributed by atoms with E-state index in [0.717, 1.165) is 38.6 Å². The zero-order valence-electron chi connectivity index (χ0n) is 13.5. The minimum atomic E-state index is -3.23. The Morgan fingerprint density at radius 3 is 2.33 bits per heavy atom. The molecule has 0 unspecified atom stereocenters. The van der Waals surface area contributed by atoms with Crippen molar-refractivity contribution in [3.63, 3.8) is 0 Å². The molecular weight excluding hydrogens is 290 g/mol. The topological polar surface area (TPSA) is 69.7 Å². The SMILES string of the molecule is CN(C)CCCNC(=O)CCN(C1CCCC1)S(C)(=O)=O. The lowest BCUT2D eigenvalue weighted by Gasteiger charge is -2.26. The van der Waals surface area contributed by atoms with Crippen molar-refractivity contribution in [3.8, 4) is 0 Å². The van der Waals surface area contributed by atoms with Gasteiger partial charge in [0.25, 0.3) is 0 Å². The Labute approximate surface area is 128 Å². The summed E-state index contributed by atoms with van der Waals surface area (Å²) in [7, 11) is 0.753. The molecule has 0 aromatic carbocycles. The smallest absolute Gasteiger partial charge is 0.221 e. The lowest BCUT2D eigenvalue weighted by Crippen LogP contribution is -2.40. The van der Waals surface area contributed by atoms with Crippen LogP contribution in [0.15, 0.2) is 0 Å². The monoisotopic (exact) mass is 319 g/mol. The highest BCUT2D eigenvalue weighted by atomic mass is 32.2. The first-order valence-corrected chi connectivity index (χ1v) is 9.54. The summed E-state index contributed by atoms with van der Waals surface area (Å²) in [5.74, 6) is -0.0691. The van der Waals surface area contributed by atoms with Gasteiger partial charge >= 0.3 is 0 Å². The number of carbonyl (C=O) groups excluding carboxylic acids is 1. The van der Waals surface area contributed by atoms with E-state index in [4.69, 9.17) is 0 Å². The van der Waals surface area contributed by atoms with E-state index in [-0.39, 0.29) is 18.4 Å². The van der Waals surface area contributed by atoms with Gasteiger partial charge in [0.15, 0.2) is 0 Å². The van der Waals surface area contributed by atoms with Crippen LogP contribution in [0, 0.1) is 0 Å². The molecule has 0 aliphatic heterocycles. The first kappa shape index (κ1) is 18.4. The Kier molecular flexibility index (Phi) is 7.62. The van der Waals surface area contributed by atoms with E-state index in [1.165, 1.54) is 10.6 Å². The second-order valence-electron chi connectivity index (χ2n) is 6.07. The first-order chi connectivity index (χ1) is 9.80. The predicted octanol–water partition coefficient (Wildman–Crippen LogP) is 0.649. The van der Waals surface area contributed by atoms with Crippen molar-refractivity contribution in [2.24, 2.45) is 0 Å². The van der Waals surface area contributed by atoms with Gasteiger partial charge in [-0.05, 0) is 39.9 Å². The molecule has 1 aliphatic rings. The van der Waals surface area contributed by atoms with Crippen molar-refractivity contribution in [1.82, 2.24) is 14.5 Å². The third-order valence-electron chi connectivity index (χ3n) is 3.82. The number of hydrogen-bond acceptors (Lipinski definition) is 4. The van der Waals surface area contributed by atoms with E-state index >= 15 is 0 Å². The molecule has 1 rings (SSSR count). The normalized spacial score (nSPS) is 16.8. The van der Waals surface area contributed by atoms with E-state index < -0.39 is 10.0 Å². The Morgan fingerprint density at radius 1 is 1.19 bits per heavy atom. The van der Waals surface area contributed by atoms with Gasteiger partial charge < -0.3 is 10.2 Å². The third-order valence-corrected chi connectivity index (χ3v) is 5.15. The number of hydrogen-bond donors (Lipinski definition) is 1. The largest absolute Gasteiger partial charge is 0.356 e. The molecular formula is C14H29N3O3S. The number of sulfonamides is 1. The summed E-state index contributed by atoms with van der Waals surface area (Å²) < 4.78 is 25.2. The van der Waals surface area contributed by atoms with E-state index in [9.17, 15) is 13.2 Å². The van der Waals surface area contributed by atoms with Gasteiger partial charge in [-0.2, -0.15) is 4.31 Å². The number of nitrogens with zero attached hydrogens (tertiary/aromatic N) is 2. The highest BCUT2D eigenvalue weighted by Gasteiger charge is 2.29. The number of rotatable bonds is 9. The summed E-state index contributed by atoms with van der Waals surface area (Å²) in [6.07, 6.45) is 6.36. The van der Waals surface area contributed by atoms with Gasteiger partial charge in [-0.3, -0.25) is 4.79 Å². The lowest BCUT2D eigenvalue weighted by molar-refractivity contribution is -0.121. The van der Waals surface area contributed by atoms with Crippen LogP contribution in [0.25, 0.3) is 0 Å². The zero-order valence-corrected chi connectivity index (χ0v) is 14.3. The number of carbonyl (C=O) groups is 1. The zero-order chi connectivity index (χ0) is 15.9. The van der Waals surface area contributed by atoms with E-state index in [1.807, 2.05) is 14.1 Å². The maximum absolute atomic E-state index is 11.9. The van der Waals surface area contributed by atoms with Crippen LogP contribution in [0.3, 0.4) is 0 Å². The molecule has 1 aliphatic carbocycles. The average Bonchev–Trinajstić information content (AvgIpc) is 2.86. The fourth-order valence-corrected chi connectivity index (χ4v) is 3.91. The quantitative estimate of drug-likeness (QED) is 0.634. The van der Waals surface area contributed by atoms with Gasteiger partial charge in [0.2, 0.25) is 15.9 Å². The molecule has 6 nitrogen and oxygen atoms in total. The molecule has 1 N–H and O–H groups in total. The van der Waals surface area contributed by atoms with Crippen molar-refractivity contribution < 1.29 is 13.2 Å². The van der Waals surface area contributed by atoms with Crippen LogP contribution in [-0.4, -0.2) is 69.6 Å². The molecule has 21 heavy (non-hydrogen) atoms. The Balaban J connectivity index is 2.34. The number of nitrogens with one attached hydrogen (secondary N) is 1. The summed E-state index contributed by atoms with van der Waals surface area (Å²) in [6, 6.07) is 0.0848. The second kappa shape index (κ2) is 8.70. The van der Waals surface area contributed by atoms with Crippen LogP contribution in [0.1, 0.15) is 38.5 Å². The molecule has 0 bridgehead atoms.